The van der Waals surface area contributed by atoms with Crippen LogP contribution < -0.4 is 15.4 Å². The number of methoxy groups -OCH3 is 1. The Hall–Kier alpha value is -3.41. The van der Waals surface area contributed by atoms with Crippen molar-refractivity contribution in [1.82, 2.24) is 15.3 Å². The molecular weight excluding hydrogens is 364 g/mol. The highest BCUT2D eigenvalue weighted by Gasteiger charge is 2.06. The van der Waals surface area contributed by atoms with Crippen molar-refractivity contribution >= 4 is 11.9 Å². The summed E-state index contributed by atoms with van der Waals surface area (Å²) in [5.74, 6) is 1.21. The molecule has 0 atom stereocenters. The minimum atomic E-state index is -0.150. The molecule has 29 heavy (non-hydrogen) atoms. The predicted molar refractivity (Wildman–Crippen MR) is 114 cm³/mol. The quantitative estimate of drug-likeness (QED) is 0.518. The van der Waals surface area contributed by atoms with Crippen molar-refractivity contribution in [3.63, 3.8) is 0 Å². The first-order valence-corrected chi connectivity index (χ1v) is 9.75. The standard InChI is InChI=1S/C23H26N4O2/c1-29-21-11-9-19(10-12-21)13-15-25-23-26-16-20(17-27-23)22(28)24-14-5-8-18-6-3-2-4-7-18/h2-4,6-7,9-12,16-17H,5,8,13-15H2,1H3,(H,24,28)(H,25,26,27). The molecule has 0 saturated heterocycles. The Bertz CT molecular complexity index is 881. The van der Waals surface area contributed by atoms with Gasteiger partial charge in [0.15, 0.2) is 0 Å². The van der Waals surface area contributed by atoms with Crippen molar-refractivity contribution in [3.8, 4) is 5.75 Å². The number of nitrogens with one attached hydrogen (secondary N) is 2. The Balaban J connectivity index is 1.37. The molecule has 0 spiro atoms. The number of carbonyl (C=O) groups excluding carboxylic acids is 1. The number of amides is 1. The van der Waals surface area contributed by atoms with Crippen LogP contribution in [-0.2, 0) is 12.8 Å². The molecule has 3 aromatic rings. The molecule has 0 aliphatic rings. The Labute approximate surface area is 171 Å². The smallest absolute Gasteiger partial charge is 0.254 e. The fraction of sp³-hybridized carbons (Fsp3) is 0.261. The van der Waals surface area contributed by atoms with Crippen LogP contribution in [0.5, 0.6) is 5.75 Å². The lowest BCUT2D eigenvalue weighted by Crippen LogP contribution is -2.25. The van der Waals surface area contributed by atoms with Gasteiger partial charge in [0, 0.05) is 25.5 Å². The van der Waals surface area contributed by atoms with Crippen molar-refractivity contribution in [2.75, 3.05) is 25.5 Å². The highest BCUT2D eigenvalue weighted by atomic mass is 16.5. The lowest BCUT2D eigenvalue weighted by molar-refractivity contribution is 0.0952. The molecular formula is C23H26N4O2. The molecule has 0 aliphatic carbocycles. The number of hydrogen-bond acceptors (Lipinski definition) is 5. The van der Waals surface area contributed by atoms with E-state index in [1.54, 1.807) is 19.5 Å². The van der Waals surface area contributed by atoms with Gasteiger partial charge >= 0.3 is 0 Å². The Morgan fingerprint density at radius 1 is 0.897 bits per heavy atom. The van der Waals surface area contributed by atoms with Gasteiger partial charge in [-0.05, 0) is 42.5 Å². The van der Waals surface area contributed by atoms with Gasteiger partial charge in [0.05, 0.1) is 12.7 Å². The Kier molecular flexibility index (Phi) is 7.57. The molecule has 1 aromatic heterocycles. The van der Waals surface area contributed by atoms with E-state index < -0.39 is 0 Å². The maximum Gasteiger partial charge on any atom is 0.254 e. The number of hydrogen-bond donors (Lipinski definition) is 2. The monoisotopic (exact) mass is 390 g/mol. The molecule has 0 unspecified atom stereocenters. The fourth-order valence-electron chi connectivity index (χ4n) is 2.89. The van der Waals surface area contributed by atoms with Gasteiger partial charge in [-0.1, -0.05) is 42.5 Å². The van der Waals surface area contributed by atoms with Gasteiger partial charge in [-0.3, -0.25) is 4.79 Å². The van der Waals surface area contributed by atoms with E-state index in [4.69, 9.17) is 4.74 Å². The second-order valence-corrected chi connectivity index (χ2v) is 6.67. The van der Waals surface area contributed by atoms with Crippen LogP contribution in [0.4, 0.5) is 5.95 Å². The molecule has 6 heteroatoms. The molecule has 2 aromatic carbocycles. The van der Waals surface area contributed by atoms with Gasteiger partial charge in [-0.2, -0.15) is 0 Å². The van der Waals surface area contributed by atoms with Gasteiger partial charge in [-0.25, -0.2) is 9.97 Å². The molecule has 0 saturated carbocycles. The maximum atomic E-state index is 12.2. The number of aryl methyl sites for hydroxylation is 1. The summed E-state index contributed by atoms with van der Waals surface area (Å²) < 4.78 is 5.16. The molecule has 0 aliphatic heterocycles. The zero-order valence-corrected chi connectivity index (χ0v) is 16.6. The van der Waals surface area contributed by atoms with Crippen molar-refractivity contribution in [1.29, 1.82) is 0 Å². The second-order valence-electron chi connectivity index (χ2n) is 6.67. The van der Waals surface area contributed by atoms with E-state index >= 15 is 0 Å². The largest absolute Gasteiger partial charge is 0.497 e. The number of carbonyl (C=O) groups is 1. The average Bonchev–Trinajstić information content (AvgIpc) is 2.78. The maximum absolute atomic E-state index is 12.2. The van der Waals surface area contributed by atoms with E-state index in [2.05, 4.69) is 32.7 Å². The summed E-state index contributed by atoms with van der Waals surface area (Å²) in [6, 6.07) is 18.2. The van der Waals surface area contributed by atoms with Crippen molar-refractivity contribution < 1.29 is 9.53 Å². The second kappa shape index (κ2) is 10.8. The summed E-state index contributed by atoms with van der Waals surface area (Å²) in [5.41, 5.74) is 2.94. The molecule has 0 radical (unpaired) electrons. The molecule has 0 bridgehead atoms. The number of ether oxygens (including phenoxy) is 1. The number of anilines is 1. The molecule has 1 amide bonds. The number of rotatable bonds is 10. The SMILES string of the molecule is COc1ccc(CCNc2ncc(C(=O)NCCCc3ccccc3)cn2)cc1. The third-order valence-corrected chi connectivity index (χ3v) is 4.54. The zero-order chi connectivity index (χ0) is 20.3. The van der Waals surface area contributed by atoms with Crippen molar-refractivity contribution in [2.45, 2.75) is 19.3 Å². The van der Waals surface area contributed by atoms with Crippen LogP contribution >= 0.6 is 0 Å². The number of aromatic nitrogens is 2. The number of nitrogens with zero attached hydrogens (tertiary/aromatic N) is 2. The Morgan fingerprint density at radius 3 is 2.28 bits per heavy atom. The minimum absolute atomic E-state index is 0.150. The van der Waals surface area contributed by atoms with Crippen LogP contribution in [0.3, 0.4) is 0 Å². The first-order valence-electron chi connectivity index (χ1n) is 9.75. The van der Waals surface area contributed by atoms with E-state index in [0.717, 1.165) is 25.0 Å². The third kappa shape index (κ3) is 6.60. The minimum Gasteiger partial charge on any atom is -0.497 e. The van der Waals surface area contributed by atoms with Gasteiger partial charge in [0.1, 0.15) is 5.75 Å². The first kappa shape index (κ1) is 20.3. The van der Waals surface area contributed by atoms with E-state index in [1.165, 1.54) is 11.1 Å². The Morgan fingerprint density at radius 2 is 1.59 bits per heavy atom. The molecule has 2 N–H and O–H groups in total. The summed E-state index contributed by atoms with van der Waals surface area (Å²) in [5, 5.41) is 6.09. The van der Waals surface area contributed by atoms with Crippen LogP contribution in [0.1, 0.15) is 27.9 Å². The average molecular weight is 390 g/mol. The van der Waals surface area contributed by atoms with Crippen molar-refractivity contribution in [2.24, 2.45) is 0 Å². The number of benzene rings is 2. The summed E-state index contributed by atoms with van der Waals surface area (Å²) in [4.78, 5) is 20.7. The van der Waals surface area contributed by atoms with Gasteiger partial charge < -0.3 is 15.4 Å². The van der Waals surface area contributed by atoms with E-state index in [9.17, 15) is 4.79 Å². The highest BCUT2D eigenvalue weighted by Crippen LogP contribution is 2.11. The van der Waals surface area contributed by atoms with Gasteiger partial charge in [-0.15, -0.1) is 0 Å². The first-order chi connectivity index (χ1) is 14.2. The highest BCUT2D eigenvalue weighted by molar-refractivity contribution is 5.93. The molecule has 1 heterocycles. The lowest BCUT2D eigenvalue weighted by Gasteiger charge is -2.07. The summed E-state index contributed by atoms with van der Waals surface area (Å²) in [7, 11) is 1.66. The summed E-state index contributed by atoms with van der Waals surface area (Å²) >= 11 is 0. The molecule has 0 fully saturated rings. The predicted octanol–water partition coefficient (Wildman–Crippen LogP) is 3.50. The van der Waals surface area contributed by atoms with E-state index in [-0.39, 0.29) is 5.91 Å². The van der Waals surface area contributed by atoms with E-state index in [0.29, 0.717) is 24.6 Å². The zero-order valence-electron chi connectivity index (χ0n) is 16.6. The van der Waals surface area contributed by atoms with Gasteiger partial charge in [0.25, 0.3) is 5.91 Å². The van der Waals surface area contributed by atoms with Crippen LogP contribution in [0.15, 0.2) is 67.0 Å². The van der Waals surface area contributed by atoms with Crippen LogP contribution in [-0.4, -0.2) is 36.1 Å². The lowest BCUT2D eigenvalue weighted by atomic mass is 10.1. The van der Waals surface area contributed by atoms with Crippen LogP contribution in [0, 0.1) is 0 Å². The van der Waals surface area contributed by atoms with E-state index in [1.807, 2.05) is 42.5 Å². The van der Waals surface area contributed by atoms with Crippen molar-refractivity contribution in [3.05, 3.63) is 83.7 Å². The third-order valence-electron chi connectivity index (χ3n) is 4.54. The summed E-state index contributed by atoms with van der Waals surface area (Å²) in [6.45, 7) is 1.33. The topological polar surface area (TPSA) is 76.1 Å². The molecule has 3 rings (SSSR count). The molecule has 150 valence electrons. The van der Waals surface area contributed by atoms with Gasteiger partial charge in [0.2, 0.25) is 5.95 Å². The van der Waals surface area contributed by atoms with Crippen LogP contribution in [0.2, 0.25) is 0 Å². The fourth-order valence-corrected chi connectivity index (χ4v) is 2.89. The normalized spacial score (nSPS) is 10.4. The molecule has 6 nitrogen and oxygen atoms in total. The van der Waals surface area contributed by atoms with Crippen LogP contribution in [0.25, 0.3) is 0 Å². The summed E-state index contributed by atoms with van der Waals surface area (Å²) in [6.07, 6.45) is 5.78.